The van der Waals surface area contributed by atoms with Gasteiger partial charge in [0, 0.05) is 11.6 Å². The van der Waals surface area contributed by atoms with E-state index in [0.29, 0.717) is 11.5 Å². The Morgan fingerprint density at radius 2 is 1.68 bits per heavy atom. The Morgan fingerprint density at radius 3 is 2.32 bits per heavy atom. The zero-order valence-corrected chi connectivity index (χ0v) is 14.3. The fourth-order valence-corrected chi connectivity index (χ4v) is 3.49. The summed E-state index contributed by atoms with van der Waals surface area (Å²) < 4.78 is 30.8. The summed E-state index contributed by atoms with van der Waals surface area (Å²) in [5.74, 6) is 0.923. The molecule has 124 valence electrons. The van der Waals surface area contributed by atoms with Crippen molar-refractivity contribution in [1.29, 1.82) is 5.26 Å². The average Bonchev–Trinajstić information content (AvgIpc) is 3.09. The summed E-state index contributed by atoms with van der Waals surface area (Å²) in [5.41, 5.74) is 2.02. The van der Waals surface area contributed by atoms with Gasteiger partial charge in [0.2, 0.25) is 9.84 Å². The Labute approximate surface area is 146 Å². The fraction of sp³-hybridized carbons (Fsp3) is 0.0500. The second kappa shape index (κ2) is 6.80. The Morgan fingerprint density at radius 1 is 1.00 bits per heavy atom. The number of benzene rings is 2. The molecule has 0 N–H and O–H groups in total. The van der Waals surface area contributed by atoms with E-state index in [-0.39, 0.29) is 9.80 Å². The van der Waals surface area contributed by atoms with Crippen molar-refractivity contribution in [2.24, 2.45) is 0 Å². The minimum absolute atomic E-state index is 0.0770. The van der Waals surface area contributed by atoms with E-state index in [2.05, 4.69) is 0 Å². The number of furan rings is 1. The normalized spacial score (nSPS) is 11.9. The van der Waals surface area contributed by atoms with Crippen molar-refractivity contribution >= 4 is 15.9 Å². The lowest BCUT2D eigenvalue weighted by molar-refractivity contribution is 0.571. The summed E-state index contributed by atoms with van der Waals surface area (Å²) in [7, 11) is -3.87. The highest BCUT2D eigenvalue weighted by Gasteiger charge is 2.21. The zero-order valence-electron chi connectivity index (χ0n) is 13.5. The zero-order chi connectivity index (χ0) is 17.9. The van der Waals surface area contributed by atoms with Gasteiger partial charge in [0.25, 0.3) is 0 Å². The molecule has 2 aromatic carbocycles. The fourth-order valence-electron chi connectivity index (χ4n) is 2.33. The summed E-state index contributed by atoms with van der Waals surface area (Å²) >= 11 is 0. The van der Waals surface area contributed by atoms with Crippen LogP contribution in [0.1, 0.15) is 11.3 Å². The van der Waals surface area contributed by atoms with Gasteiger partial charge in [0.1, 0.15) is 17.6 Å². The maximum absolute atomic E-state index is 12.5. The molecule has 0 bridgehead atoms. The van der Waals surface area contributed by atoms with Gasteiger partial charge in [0.15, 0.2) is 4.91 Å². The summed E-state index contributed by atoms with van der Waals surface area (Å²) in [6, 6.07) is 20.8. The number of hydrogen-bond donors (Lipinski definition) is 0. The largest absolute Gasteiger partial charge is 0.457 e. The topological polar surface area (TPSA) is 71.1 Å². The molecule has 0 aliphatic rings. The third-order valence-corrected chi connectivity index (χ3v) is 5.37. The quantitative estimate of drug-likeness (QED) is 0.646. The summed E-state index contributed by atoms with van der Waals surface area (Å²) in [6.07, 6.45) is 1.25. The van der Waals surface area contributed by atoms with E-state index >= 15 is 0 Å². The smallest absolute Gasteiger partial charge is 0.216 e. The molecule has 1 aromatic heterocycles. The number of nitriles is 1. The van der Waals surface area contributed by atoms with Crippen molar-refractivity contribution in [2.75, 3.05) is 0 Å². The van der Waals surface area contributed by atoms with Crippen LogP contribution in [0.25, 0.3) is 17.4 Å². The van der Waals surface area contributed by atoms with Crippen molar-refractivity contribution < 1.29 is 12.8 Å². The van der Waals surface area contributed by atoms with Gasteiger partial charge in [-0.05, 0) is 31.2 Å². The van der Waals surface area contributed by atoms with Gasteiger partial charge in [-0.1, -0.05) is 48.0 Å². The van der Waals surface area contributed by atoms with E-state index in [4.69, 9.17) is 4.42 Å². The van der Waals surface area contributed by atoms with Crippen molar-refractivity contribution in [3.63, 3.8) is 0 Å². The molecule has 0 spiro atoms. The van der Waals surface area contributed by atoms with Crippen molar-refractivity contribution in [2.45, 2.75) is 11.8 Å². The minimum Gasteiger partial charge on any atom is -0.457 e. The molecular weight excluding hydrogens is 334 g/mol. The standard InChI is InChI=1S/C20H15NO3S/c1-15-7-9-16(10-8-15)20-12-11-17(24-20)13-19(14-21)25(22,23)18-5-3-2-4-6-18/h2-13H,1H3. The number of hydrogen-bond acceptors (Lipinski definition) is 4. The maximum Gasteiger partial charge on any atom is 0.216 e. The lowest BCUT2D eigenvalue weighted by atomic mass is 10.1. The van der Waals surface area contributed by atoms with Gasteiger partial charge >= 0.3 is 0 Å². The van der Waals surface area contributed by atoms with Crippen LogP contribution in [0.15, 0.2) is 80.9 Å². The third kappa shape index (κ3) is 3.54. The van der Waals surface area contributed by atoms with E-state index in [9.17, 15) is 13.7 Å². The van der Waals surface area contributed by atoms with Crippen LogP contribution in [0.5, 0.6) is 0 Å². The second-order valence-corrected chi connectivity index (χ2v) is 7.42. The molecule has 3 aromatic rings. The van der Waals surface area contributed by atoms with Crippen molar-refractivity contribution in [3.8, 4) is 17.4 Å². The van der Waals surface area contributed by atoms with Gasteiger partial charge in [-0.3, -0.25) is 0 Å². The Balaban J connectivity index is 1.97. The van der Waals surface area contributed by atoms with Crippen LogP contribution in [-0.4, -0.2) is 8.42 Å². The molecule has 25 heavy (non-hydrogen) atoms. The maximum atomic E-state index is 12.5. The number of nitrogens with zero attached hydrogens (tertiary/aromatic N) is 1. The van der Waals surface area contributed by atoms with Gasteiger partial charge in [-0.15, -0.1) is 0 Å². The highest BCUT2D eigenvalue weighted by atomic mass is 32.2. The van der Waals surface area contributed by atoms with Crippen LogP contribution >= 0.6 is 0 Å². The van der Waals surface area contributed by atoms with E-state index in [1.165, 1.54) is 18.2 Å². The molecule has 0 unspecified atom stereocenters. The Kier molecular flexibility index (Phi) is 4.55. The van der Waals surface area contributed by atoms with E-state index in [1.54, 1.807) is 36.4 Å². The molecule has 0 radical (unpaired) electrons. The molecule has 3 rings (SSSR count). The molecule has 0 amide bonds. The summed E-state index contributed by atoms with van der Waals surface area (Å²) in [5, 5.41) is 9.30. The lowest BCUT2D eigenvalue weighted by Gasteiger charge is -2.02. The van der Waals surface area contributed by atoms with Crippen LogP contribution in [0.2, 0.25) is 0 Å². The van der Waals surface area contributed by atoms with Gasteiger partial charge in [-0.2, -0.15) is 5.26 Å². The number of rotatable bonds is 4. The molecule has 0 atom stereocenters. The molecule has 0 aliphatic heterocycles. The molecule has 5 heteroatoms. The highest BCUT2D eigenvalue weighted by Crippen LogP contribution is 2.26. The van der Waals surface area contributed by atoms with Crippen LogP contribution in [0, 0.1) is 18.3 Å². The highest BCUT2D eigenvalue weighted by molar-refractivity contribution is 7.95. The van der Waals surface area contributed by atoms with Gasteiger partial charge in [-0.25, -0.2) is 8.42 Å². The molecule has 1 heterocycles. The van der Waals surface area contributed by atoms with Crippen molar-refractivity contribution in [3.05, 3.63) is 83.0 Å². The Hall–Kier alpha value is -3.10. The monoisotopic (exact) mass is 349 g/mol. The SMILES string of the molecule is Cc1ccc(-c2ccc(C=C(C#N)S(=O)(=O)c3ccccc3)o2)cc1. The van der Waals surface area contributed by atoms with Crippen LogP contribution in [0.3, 0.4) is 0 Å². The molecule has 0 saturated carbocycles. The molecule has 0 saturated heterocycles. The average molecular weight is 349 g/mol. The predicted octanol–water partition coefficient (Wildman–Crippen LogP) is 4.59. The van der Waals surface area contributed by atoms with Gasteiger partial charge in [0.05, 0.1) is 4.90 Å². The van der Waals surface area contributed by atoms with Crippen LogP contribution in [-0.2, 0) is 9.84 Å². The first-order valence-electron chi connectivity index (χ1n) is 7.59. The minimum atomic E-state index is -3.87. The first-order chi connectivity index (χ1) is 12.0. The second-order valence-electron chi connectivity index (χ2n) is 5.50. The lowest BCUT2D eigenvalue weighted by Crippen LogP contribution is -2.03. The van der Waals surface area contributed by atoms with E-state index < -0.39 is 9.84 Å². The van der Waals surface area contributed by atoms with Crippen LogP contribution < -0.4 is 0 Å². The predicted molar refractivity (Wildman–Crippen MR) is 96.1 cm³/mol. The Bertz CT molecular complexity index is 1050. The van der Waals surface area contributed by atoms with Crippen molar-refractivity contribution in [1.82, 2.24) is 0 Å². The molecular formula is C20H15NO3S. The number of aryl methyl sites for hydroxylation is 1. The third-order valence-electron chi connectivity index (χ3n) is 3.69. The first-order valence-corrected chi connectivity index (χ1v) is 9.08. The van der Waals surface area contributed by atoms with Crippen LogP contribution in [0.4, 0.5) is 0 Å². The molecule has 0 aliphatic carbocycles. The summed E-state index contributed by atoms with van der Waals surface area (Å²) in [4.78, 5) is -0.281. The van der Waals surface area contributed by atoms with Gasteiger partial charge < -0.3 is 4.42 Å². The van der Waals surface area contributed by atoms with E-state index in [1.807, 2.05) is 31.2 Å². The first kappa shape index (κ1) is 16.7. The molecule has 4 nitrogen and oxygen atoms in total. The number of sulfone groups is 1. The van der Waals surface area contributed by atoms with E-state index in [0.717, 1.165) is 11.1 Å². The summed E-state index contributed by atoms with van der Waals surface area (Å²) in [6.45, 7) is 1.99. The molecule has 0 fully saturated rings. The number of allylic oxidation sites excluding steroid dienone is 1.